The first-order valence-corrected chi connectivity index (χ1v) is 11.8. The second-order valence-electron chi connectivity index (χ2n) is 9.50. The molecule has 0 spiro atoms. The van der Waals surface area contributed by atoms with E-state index in [2.05, 4.69) is 4.98 Å². The first-order chi connectivity index (χ1) is 17.9. The summed E-state index contributed by atoms with van der Waals surface area (Å²) in [5, 5.41) is 11.3. The zero-order valence-electron chi connectivity index (χ0n) is 21.5. The van der Waals surface area contributed by atoms with Gasteiger partial charge in [0.25, 0.3) is 5.91 Å². The zero-order chi connectivity index (χ0) is 28.1. The molecule has 0 saturated heterocycles. The molecule has 8 nitrogen and oxygen atoms in total. The lowest BCUT2D eigenvalue weighted by atomic mass is 9.87. The van der Waals surface area contributed by atoms with Gasteiger partial charge in [-0.2, -0.15) is 0 Å². The number of halogens is 2. The molecular formula is C28H31F2N3O5. The molecule has 0 fully saturated rings. The third kappa shape index (κ3) is 6.90. The van der Waals surface area contributed by atoms with Crippen molar-refractivity contribution in [3.8, 4) is 22.8 Å². The average molecular weight is 528 g/mol. The SMILES string of the molecule is COc1cc(C(=O)CC[C@](C)(O)c2cc(C(C)(N)CF)cc(-c3ccc(F)cc3)n2)ccc1OCC(N)=O. The van der Waals surface area contributed by atoms with Gasteiger partial charge in [-0.25, -0.2) is 13.8 Å². The summed E-state index contributed by atoms with van der Waals surface area (Å²) in [6.45, 7) is 1.82. The standard InChI is InChI=1S/C28H31F2N3O5/c1-27(32,16-29)19-13-21(17-4-7-20(30)8-5-17)33-25(14-19)28(2,36)11-10-22(34)18-6-9-23(24(12-18)37-3)38-15-26(31)35/h4-9,12-14,36H,10-11,15-16,32H2,1-3H3,(H2,31,35)/t27?,28-/m0/s1. The molecule has 0 saturated carbocycles. The quantitative estimate of drug-likeness (QED) is 0.305. The maximum absolute atomic E-state index is 13.7. The van der Waals surface area contributed by atoms with E-state index in [1.165, 1.54) is 69.5 Å². The number of aliphatic hydroxyl groups is 1. The predicted molar refractivity (Wildman–Crippen MR) is 138 cm³/mol. The van der Waals surface area contributed by atoms with E-state index in [9.17, 15) is 23.5 Å². The molecule has 0 aliphatic heterocycles. The first-order valence-electron chi connectivity index (χ1n) is 11.8. The Morgan fingerprint density at radius 2 is 1.74 bits per heavy atom. The summed E-state index contributed by atoms with van der Waals surface area (Å²) in [5.74, 6) is -0.867. The second kappa shape index (κ2) is 11.7. The van der Waals surface area contributed by atoms with Crippen molar-refractivity contribution in [3.63, 3.8) is 0 Å². The highest BCUT2D eigenvalue weighted by molar-refractivity contribution is 5.96. The smallest absolute Gasteiger partial charge is 0.255 e. The van der Waals surface area contributed by atoms with E-state index < -0.39 is 29.5 Å². The van der Waals surface area contributed by atoms with Crippen LogP contribution in [0.15, 0.2) is 54.6 Å². The second-order valence-corrected chi connectivity index (χ2v) is 9.50. The van der Waals surface area contributed by atoms with Gasteiger partial charge < -0.3 is 26.0 Å². The number of ketones is 1. The van der Waals surface area contributed by atoms with Crippen LogP contribution in [0, 0.1) is 5.82 Å². The molecule has 2 atom stereocenters. The minimum atomic E-state index is -1.58. The van der Waals surface area contributed by atoms with Gasteiger partial charge in [-0.15, -0.1) is 0 Å². The van der Waals surface area contributed by atoms with Crippen molar-refractivity contribution in [2.24, 2.45) is 11.5 Å². The molecule has 38 heavy (non-hydrogen) atoms. The maximum Gasteiger partial charge on any atom is 0.255 e. The monoisotopic (exact) mass is 527 g/mol. The number of aromatic nitrogens is 1. The van der Waals surface area contributed by atoms with E-state index in [4.69, 9.17) is 20.9 Å². The van der Waals surface area contributed by atoms with Crippen LogP contribution in [0.25, 0.3) is 11.3 Å². The third-order valence-corrected chi connectivity index (χ3v) is 6.15. The Labute approximate surface area is 219 Å². The molecule has 0 aliphatic rings. The number of pyridine rings is 1. The minimum absolute atomic E-state index is 0.00963. The molecule has 1 amide bonds. The van der Waals surface area contributed by atoms with Gasteiger partial charge in [0.05, 0.1) is 24.0 Å². The Morgan fingerprint density at radius 3 is 2.34 bits per heavy atom. The highest BCUT2D eigenvalue weighted by atomic mass is 19.1. The van der Waals surface area contributed by atoms with Gasteiger partial charge in [-0.1, -0.05) is 0 Å². The summed E-state index contributed by atoms with van der Waals surface area (Å²) in [6.07, 6.45) is -0.0667. The number of ether oxygens (including phenoxy) is 2. The van der Waals surface area contributed by atoms with E-state index in [1.807, 2.05) is 0 Å². The largest absolute Gasteiger partial charge is 0.493 e. The number of rotatable bonds is 12. The Morgan fingerprint density at radius 1 is 1.05 bits per heavy atom. The van der Waals surface area contributed by atoms with Crippen molar-refractivity contribution < 1.29 is 33.0 Å². The predicted octanol–water partition coefficient (Wildman–Crippen LogP) is 3.77. The van der Waals surface area contributed by atoms with Gasteiger partial charge in [0.2, 0.25) is 0 Å². The lowest BCUT2D eigenvalue weighted by Gasteiger charge is -2.27. The minimum Gasteiger partial charge on any atom is -0.493 e. The number of carbonyl (C=O) groups excluding carboxylic acids is 2. The molecule has 3 rings (SSSR count). The topological polar surface area (TPSA) is 138 Å². The molecule has 5 N–H and O–H groups in total. The number of alkyl halides is 1. The van der Waals surface area contributed by atoms with Crippen LogP contribution in [0.4, 0.5) is 8.78 Å². The Kier molecular flexibility index (Phi) is 8.80. The molecule has 1 unspecified atom stereocenters. The Hall–Kier alpha value is -3.89. The molecule has 0 bridgehead atoms. The lowest BCUT2D eigenvalue weighted by molar-refractivity contribution is -0.119. The molecule has 1 heterocycles. The van der Waals surface area contributed by atoms with Crippen LogP contribution in [0.2, 0.25) is 0 Å². The van der Waals surface area contributed by atoms with Crippen LogP contribution in [0.5, 0.6) is 11.5 Å². The number of amides is 1. The number of benzene rings is 2. The van der Waals surface area contributed by atoms with Gasteiger partial charge in [0.1, 0.15) is 18.1 Å². The molecule has 0 aliphatic carbocycles. The highest BCUT2D eigenvalue weighted by Crippen LogP contribution is 2.33. The van der Waals surface area contributed by atoms with Crippen LogP contribution >= 0.6 is 0 Å². The van der Waals surface area contributed by atoms with Crippen molar-refractivity contribution in [2.45, 2.75) is 37.8 Å². The van der Waals surface area contributed by atoms with Gasteiger partial charge in [-0.3, -0.25) is 9.59 Å². The van der Waals surface area contributed by atoms with Crippen LogP contribution < -0.4 is 20.9 Å². The van der Waals surface area contributed by atoms with Crippen molar-refractivity contribution in [1.82, 2.24) is 4.98 Å². The summed E-state index contributed by atoms with van der Waals surface area (Å²) < 4.78 is 37.7. The van der Waals surface area contributed by atoms with E-state index >= 15 is 0 Å². The first kappa shape index (κ1) is 28.7. The third-order valence-electron chi connectivity index (χ3n) is 6.15. The number of methoxy groups -OCH3 is 1. The summed E-state index contributed by atoms with van der Waals surface area (Å²) in [7, 11) is 1.39. The van der Waals surface area contributed by atoms with Crippen molar-refractivity contribution in [1.29, 1.82) is 0 Å². The summed E-state index contributed by atoms with van der Waals surface area (Å²) >= 11 is 0. The zero-order valence-corrected chi connectivity index (χ0v) is 21.5. The van der Waals surface area contributed by atoms with Crippen LogP contribution in [0.1, 0.15) is 48.3 Å². The number of nitrogens with two attached hydrogens (primary N) is 2. The Balaban J connectivity index is 1.87. The fraction of sp³-hybridized carbons (Fsp3) is 0.321. The van der Waals surface area contributed by atoms with E-state index in [-0.39, 0.29) is 42.4 Å². The van der Waals surface area contributed by atoms with E-state index in [0.717, 1.165) is 0 Å². The number of nitrogens with zero attached hydrogens (tertiary/aromatic N) is 1. The highest BCUT2D eigenvalue weighted by Gasteiger charge is 2.30. The summed E-state index contributed by atoms with van der Waals surface area (Å²) in [6, 6.07) is 13.2. The van der Waals surface area contributed by atoms with Crippen LogP contribution in [0.3, 0.4) is 0 Å². The van der Waals surface area contributed by atoms with Gasteiger partial charge >= 0.3 is 0 Å². The number of carbonyl (C=O) groups is 2. The molecular weight excluding hydrogens is 496 g/mol. The fourth-order valence-electron chi connectivity index (χ4n) is 3.72. The molecule has 2 aromatic carbocycles. The molecule has 1 aromatic heterocycles. The normalized spacial score (nSPS) is 14.3. The van der Waals surface area contributed by atoms with E-state index in [0.29, 0.717) is 22.4 Å². The number of Topliss-reactive ketones (excluding diaryl/α,β-unsaturated/α-hetero) is 1. The fourth-order valence-corrected chi connectivity index (χ4v) is 3.72. The number of primary amides is 1. The van der Waals surface area contributed by atoms with Crippen LogP contribution in [-0.4, -0.2) is 42.2 Å². The summed E-state index contributed by atoms with van der Waals surface area (Å²) in [5.41, 5.74) is 10.2. The van der Waals surface area contributed by atoms with Gasteiger partial charge in [0.15, 0.2) is 23.9 Å². The Bertz CT molecular complexity index is 1310. The van der Waals surface area contributed by atoms with Crippen LogP contribution in [-0.2, 0) is 15.9 Å². The molecule has 3 aromatic rings. The maximum atomic E-state index is 13.7. The molecule has 202 valence electrons. The summed E-state index contributed by atoms with van der Waals surface area (Å²) in [4.78, 5) is 28.5. The van der Waals surface area contributed by atoms with Gasteiger partial charge in [-0.05, 0) is 80.4 Å². The van der Waals surface area contributed by atoms with Crippen molar-refractivity contribution >= 4 is 11.7 Å². The number of hydrogen-bond donors (Lipinski definition) is 3. The van der Waals surface area contributed by atoms with Crippen molar-refractivity contribution in [3.05, 3.63) is 77.2 Å². The van der Waals surface area contributed by atoms with E-state index in [1.54, 1.807) is 6.07 Å². The average Bonchev–Trinajstić information content (AvgIpc) is 2.90. The van der Waals surface area contributed by atoms with Gasteiger partial charge in [0, 0.05) is 17.5 Å². The van der Waals surface area contributed by atoms with Crippen molar-refractivity contribution in [2.75, 3.05) is 20.4 Å². The number of hydrogen-bond acceptors (Lipinski definition) is 7. The molecule has 0 radical (unpaired) electrons. The lowest BCUT2D eigenvalue weighted by Crippen LogP contribution is -2.36. The molecule has 10 heteroatoms.